The van der Waals surface area contributed by atoms with E-state index in [1.54, 1.807) is 6.92 Å². The fourth-order valence-corrected chi connectivity index (χ4v) is 2.87. The van der Waals surface area contributed by atoms with Crippen LogP contribution >= 0.6 is 0 Å². The Morgan fingerprint density at radius 2 is 2.13 bits per heavy atom. The summed E-state index contributed by atoms with van der Waals surface area (Å²) in [6, 6.07) is 7.72. The third-order valence-electron chi connectivity index (χ3n) is 3.79. The van der Waals surface area contributed by atoms with Crippen molar-refractivity contribution in [3.63, 3.8) is 0 Å². The van der Waals surface area contributed by atoms with Crippen LogP contribution < -0.4 is 0 Å². The molecule has 2 nitrogen and oxygen atoms in total. The molecular weight excluding hydrogens is 188 g/mol. The quantitative estimate of drug-likeness (QED) is 0.695. The lowest BCUT2D eigenvalue weighted by Gasteiger charge is -2.03. The minimum absolute atomic E-state index is 0.0163. The number of fused-ring (bicyclic) bond motifs is 1. The van der Waals surface area contributed by atoms with E-state index >= 15 is 0 Å². The molecule has 0 aliphatic heterocycles. The van der Waals surface area contributed by atoms with Crippen molar-refractivity contribution < 1.29 is 9.59 Å². The summed E-state index contributed by atoms with van der Waals surface area (Å²) in [4.78, 5) is 23.5. The lowest BCUT2D eigenvalue weighted by molar-refractivity contribution is -0.118. The van der Waals surface area contributed by atoms with Gasteiger partial charge in [0.05, 0.1) is 0 Å². The standard InChI is InChI=1S/C13H12O2/c1-8(14)11-7-13(11)6-9-4-2-3-5-10(9)12(13)15/h2-5,11H,6-7H2,1H3/t11-,13-/m0/s1. The summed E-state index contributed by atoms with van der Waals surface area (Å²) in [5.41, 5.74) is 1.61. The second kappa shape index (κ2) is 2.57. The molecule has 2 atom stereocenters. The van der Waals surface area contributed by atoms with Crippen LogP contribution in [-0.2, 0) is 11.2 Å². The molecule has 0 saturated heterocycles. The molecule has 1 spiro atoms. The fraction of sp³-hybridized carbons (Fsp3) is 0.385. The second-order valence-corrected chi connectivity index (χ2v) is 4.69. The van der Waals surface area contributed by atoms with Gasteiger partial charge in [-0.2, -0.15) is 0 Å². The van der Waals surface area contributed by atoms with Crippen LogP contribution in [0.5, 0.6) is 0 Å². The van der Waals surface area contributed by atoms with Crippen molar-refractivity contribution in [2.45, 2.75) is 19.8 Å². The van der Waals surface area contributed by atoms with Crippen molar-refractivity contribution >= 4 is 11.6 Å². The summed E-state index contributed by atoms with van der Waals surface area (Å²) in [7, 11) is 0. The summed E-state index contributed by atoms with van der Waals surface area (Å²) in [6.45, 7) is 1.59. The molecular formula is C13H12O2. The van der Waals surface area contributed by atoms with Gasteiger partial charge in [0.2, 0.25) is 0 Å². The van der Waals surface area contributed by atoms with Gasteiger partial charge in [0, 0.05) is 16.9 Å². The second-order valence-electron chi connectivity index (χ2n) is 4.69. The number of Topliss-reactive ketones (excluding diaryl/α,β-unsaturated/α-hetero) is 2. The van der Waals surface area contributed by atoms with E-state index in [0.717, 1.165) is 24.0 Å². The predicted octanol–water partition coefficient (Wildman–Crippen LogP) is 2.02. The van der Waals surface area contributed by atoms with Gasteiger partial charge in [0.15, 0.2) is 5.78 Å². The van der Waals surface area contributed by atoms with Gasteiger partial charge in [0.1, 0.15) is 5.78 Å². The van der Waals surface area contributed by atoms with Crippen molar-refractivity contribution in [1.82, 2.24) is 0 Å². The molecule has 1 aromatic carbocycles. The first kappa shape index (κ1) is 8.84. The zero-order valence-corrected chi connectivity index (χ0v) is 8.62. The normalized spacial score (nSPS) is 31.8. The highest BCUT2D eigenvalue weighted by molar-refractivity contribution is 6.10. The fourth-order valence-electron chi connectivity index (χ4n) is 2.87. The van der Waals surface area contributed by atoms with E-state index in [4.69, 9.17) is 0 Å². The van der Waals surface area contributed by atoms with E-state index in [1.165, 1.54) is 0 Å². The maximum Gasteiger partial charge on any atom is 0.170 e. The largest absolute Gasteiger partial charge is 0.300 e. The average Bonchev–Trinajstić information content (AvgIpc) is 2.86. The van der Waals surface area contributed by atoms with Crippen LogP contribution in [0.1, 0.15) is 29.3 Å². The summed E-state index contributed by atoms with van der Waals surface area (Å²) >= 11 is 0. The first-order valence-electron chi connectivity index (χ1n) is 5.28. The Bertz CT molecular complexity index is 475. The van der Waals surface area contributed by atoms with Crippen LogP contribution in [-0.4, -0.2) is 11.6 Å². The minimum Gasteiger partial charge on any atom is -0.300 e. The lowest BCUT2D eigenvalue weighted by Crippen LogP contribution is -2.15. The van der Waals surface area contributed by atoms with Crippen LogP contribution in [0.25, 0.3) is 0 Å². The highest BCUT2D eigenvalue weighted by atomic mass is 16.1. The van der Waals surface area contributed by atoms with Crippen molar-refractivity contribution in [1.29, 1.82) is 0 Å². The van der Waals surface area contributed by atoms with E-state index in [-0.39, 0.29) is 22.9 Å². The molecule has 0 amide bonds. The Morgan fingerprint density at radius 3 is 2.73 bits per heavy atom. The van der Waals surface area contributed by atoms with Crippen LogP contribution in [0.2, 0.25) is 0 Å². The van der Waals surface area contributed by atoms with Crippen LogP contribution in [0, 0.1) is 11.3 Å². The highest BCUT2D eigenvalue weighted by Crippen LogP contribution is 2.60. The molecule has 1 fully saturated rings. The van der Waals surface area contributed by atoms with Crippen molar-refractivity contribution in [2.24, 2.45) is 11.3 Å². The summed E-state index contributed by atoms with van der Waals surface area (Å²) < 4.78 is 0. The van der Waals surface area contributed by atoms with Gasteiger partial charge in [-0.15, -0.1) is 0 Å². The van der Waals surface area contributed by atoms with Gasteiger partial charge in [-0.05, 0) is 25.3 Å². The molecule has 0 radical (unpaired) electrons. The topological polar surface area (TPSA) is 34.1 Å². The molecule has 0 unspecified atom stereocenters. The minimum atomic E-state index is -0.338. The van der Waals surface area contributed by atoms with Crippen LogP contribution in [0.3, 0.4) is 0 Å². The maximum absolute atomic E-state index is 12.1. The molecule has 2 heteroatoms. The smallest absolute Gasteiger partial charge is 0.170 e. The van der Waals surface area contributed by atoms with Crippen molar-refractivity contribution in [3.05, 3.63) is 35.4 Å². The zero-order chi connectivity index (χ0) is 10.6. The average molecular weight is 200 g/mol. The Kier molecular flexibility index (Phi) is 1.51. The van der Waals surface area contributed by atoms with E-state index < -0.39 is 0 Å². The molecule has 15 heavy (non-hydrogen) atoms. The first-order valence-corrected chi connectivity index (χ1v) is 5.28. The molecule has 0 heterocycles. The summed E-state index contributed by atoms with van der Waals surface area (Å²) in [5.74, 6) is 0.340. The van der Waals surface area contributed by atoms with Crippen LogP contribution in [0.15, 0.2) is 24.3 Å². The van der Waals surface area contributed by atoms with Gasteiger partial charge >= 0.3 is 0 Å². The molecule has 3 rings (SSSR count). The van der Waals surface area contributed by atoms with E-state index in [9.17, 15) is 9.59 Å². The zero-order valence-electron chi connectivity index (χ0n) is 8.62. The molecule has 0 N–H and O–H groups in total. The lowest BCUT2D eigenvalue weighted by atomic mass is 9.97. The highest BCUT2D eigenvalue weighted by Gasteiger charge is 2.64. The van der Waals surface area contributed by atoms with Gasteiger partial charge in [-0.25, -0.2) is 0 Å². The first-order chi connectivity index (χ1) is 7.15. The molecule has 2 aliphatic rings. The number of hydrogen-bond acceptors (Lipinski definition) is 2. The summed E-state index contributed by atoms with van der Waals surface area (Å²) in [6.07, 6.45) is 1.53. The molecule has 1 saturated carbocycles. The Hall–Kier alpha value is -1.44. The van der Waals surface area contributed by atoms with E-state index in [1.807, 2.05) is 24.3 Å². The van der Waals surface area contributed by atoms with E-state index in [0.29, 0.717) is 0 Å². The Balaban J connectivity index is 2.02. The Morgan fingerprint density at radius 1 is 1.40 bits per heavy atom. The molecule has 76 valence electrons. The number of rotatable bonds is 1. The van der Waals surface area contributed by atoms with Gasteiger partial charge < -0.3 is 0 Å². The number of benzene rings is 1. The molecule has 2 aliphatic carbocycles. The number of carbonyl (C=O) groups is 2. The number of ketones is 2. The molecule has 1 aromatic rings. The third-order valence-corrected chi connectivity index (χ3v) is 3.79. The number of carbonyl (C=O) groups excluding carboxylic acids is 2. The van der Waals surface area contributed by atoms with Crippen molar-refractivity contribution in [2.75, 3.05) is 0 Å². The molecule has 0 aromatic heterocycles. The maximum atomic E-state index is 12.1. The van der Waals surface area contributed by atoms with Crippen LogP contribution in [0.4, 0.5) is 0 Å². The Labute approximate surface area is 88.3 Å². The predicted molar refractivity (Wildman–Crippen MR) is 55.7 cm³/mol. The monoisotopic (exact) mass is 200 g/mol. The van der Waals surface area contributed by atoms with Gasteiger partial charge in [-0.1, -0.05) is 24.3 Å². The van der Waals surface area contributed by atoms with Gasteiger partial charge in [-0.3, -0.25) is 9.59 Å². The van der Waals surface area contributed by atoms with Gasteiger partial charge in [0.25, 0.3) is 0 Å². The SMILES string of the molecule is CC(=O)[C@@H]1C[C@@]12Cc1ccccc1C2=O. The summed E-state index contributed by atoms with van der Waals surface area (Å²) in [5, 5.41) is 0. The van der Waals surface area contributed by atoms with E-state index in [2.05, 4.69) is 0 Å². The number of hydrogen-bond donors (Lipinski definition) is 0. The molecule has 0 bridgehead atoms. The third kappa shape index (κ3) is 0.993. The van der Waals surface area contributed by atoms with Crippen molar-refractivity contribution in [3.8, 4) is 0 Å².